The van der Waals surface area contributed by atoms with E-state index in [1.165, 1.54) is 0 Å². The molecule has 2 aromatic rings. The summed E-state index contributed by atoms with van der Waals surface area (Å²) in [5, 5.41) is 6.70. The monoisotopic (exact) mass is 319 g/mol. The molecule has 0 saturated carbocycles. The number of amides is 2. The quantitative estimate of drug-likeness (QED) is 0.853. The predicted octanol–water partition coefficient (Wildman–Crippen LogP) is 1.84. The minimum absolute atomic E-state index is 0.106. The largest absolute Gasteiger partial charge is 0.338 e. The molecule has 1 heterocycles. The van der Waals surface area contributed by atoms with Crippen molar-refractivity contribution < 1.29 is 9.00 Å². The Morgan fingerprint density at radius 2 is 2.09 bits per heavy atom. The summed E-state index contributed by atoms with van der Waals surface area (Å²) < 4.78 is 11.1. The number of benzene rings is 1. The molecule has 0 aliphatic carbocycles. The number of aromatic nitrogens is 1. The molecule has 0 aliphatic rings. The summed E-state index contributed by atoms with van der Waals surface area (Å²) in [6.45, 7) is 2.37. The highest BCUT2D eigenvalue weighted by atomic mass is 32.2. The van der Waals surface area contributed by atoms with E-state index in [0.29, 0.717) is 12.3 Å². The number of urea groups is 1. The first kappa shape index (κ1) is 16.4. The molecule has 2 amide bonds. The molecule has 22 heavy (non-hydrogen) atoms. The summed E-state index contributed by atoms with van der Waals surface area (Å²) in [5.41, 5.74) is 2.09. The standard InChI is InChI=1S/C16H21N3O2S/c1-12(11-22(2)21)19-16(20)18-10-8-14-6-3-5-13-7-4-9-17-15(13)14/h3-7,9,12H,8,10-11H2,1-2H3,(H2,18,19,20)/t12-,22-/m1/s1. The number of nitrogens with zero attached hydrogens (tertiary/aromatic N) is 1. The van der Waals surface area contributed by atoms with E-state index in [9.17, 15) is 9.00 Å². The Kier molecular flexibility index (Phi) is 5.89. The number of pyridine rings is 1. The van der Waals surface area contributed by atoms with Gasteiger partial charge in [-0.1, -0.05) is 24.3 Å². The smallest absolute Gasteiger partial charge is 0.315 e. The van der Waals surface area contributed by atoms with Crippen molar-refractivity contribution in [1.29, 1.82) is 0 Å². The van der Waals surface area contributed by atoms with Gasteiger partial charge in [0.2, 0.25) is 0 Å². The molecule has 0 aliphatic heterocycles. The molecule has 0 bridgehead atoms. The maximum atomic E-state index is 11.8. The average Bonchev–Trinajstić information content (AvgIpc) is 2.46. The van der Waals surface area contributed by atoms with E-state index in [0.717, 1.165) is 22.9 Å². The minimum Gasteiger partial charge on any atom is -0.338 e. The fourth-order valence-corrected chi connectivity index (χ4v) is 3.14. The first-order chi connectivity index (χ1) is 10.6. The highest BCUT2D eigenvalue weighted by molar-refractivity contribution is 7.84. The van der Waals surface area contributed by atoms with Crippen LogP contribution in [-0.4, -0.2) is 39.8 Å². The third-order valence-electron chi connectivity index (χ3n) is 3.26. The van der Waals surface area contributed by atoms with E-state index < -0.39 is 10.8 Å². The van der Waals surface area contributed by atoms with Crippen molar-refractivity contribution in [3.8, 4) is 0 Å². The SMILES string of the molecule is C[C@H](C[S@@](C)=O)NC(=O)NCCc1cccc2cccnc12. The summed E-state index contributed by atoms with van der Waals surface area (Å²) in [6, 6.07) is 9.65. The van der Waals surface area contributed by atoms with Crippen LogP contribution in [0.1, 0.15) is 12.5 Å². The Morgan fingerprint density at radius 3 is 2.86 bits per heavy atom. The van der Waals surface area contributed by atoms with Gasteiger partial charge in [0.15, 0.2) is 0 Å². The van der Waals surface area contributed by atoms with Gasteiger partial charge < -0.3 is 10.6 Å². The lowest BCUT2D eigenvalue weighted by atomic mass is 10.1. The molecule has 1 aromatic carbocycles. The average molecular weight is 319 g/mol. The molecule has 1 aromatic heterocycles. The van der Waals surface area contributed by atoms with Crippen molar-refractivity contribution in [2.75, 3.05) is 18.6 Å². The normalized spacial score (nSPS) is 13.5. The molecule has 0 fully saturated rings. The van der Waals surface area contributed by atoms with E-state index in [2.05, 4.69) is 15.6 Å². The van der Waals surface area contributed by atoms with Crippen molar-refractivity contribution in [2.45, 2.75) is 19.4 Å². The zero-order chi connectivity index (χ0) is 15.9. The molecule has 5 nitrogen and oxygen atoms in total. The van der Waals surface area contributed by atoms with Crippen molar-refractivity contribution in [2.24, 2.45) is 0 Å². The number of hydrogen-bond acceptors (Lipinski definition) is 3. The zero-order valence-electron chi connectivity index (χ0n) is 12.8. The van der Waals surface area contributed by atoms with Gasteiger partial charge in [0, 0.05) is 47.0 Å². The van der Waals surface area contributed by atoms with E-state index in [4.69, 9.17) is 0 Å². The number of nitrogens with one attached hydrogen (secondary N) is 2. The Bertz CT molecular complexity index is 670. The van der Waals surface area contributed by atoms with Crippen LogP contribution in [0.3, 0.4) is 0 Å². The molecule has 2 N–H and O–H groups in total. The number of para-hydroxylation sites is 1. The number of hydrogen-bond donors (Lipinski definition) is 2. The summed E-state index contributed by atoms with van der Waals surface area (Å²) >= 11 is 0. The molecule has 2 atom stereocenters. The lowest BCUT2D eigenvalue weighted by Crippen LogP contribution is -2.43. The van der Waals surface area contributed by atoms with Crippen molar-refractivity contribution in [3.05, 3.63) is 42.1 Å². The molecular weight excluding hydrogens is 298 g/mol. The van der Waals surface area contributed by atoms with Gasteiger partial charge in [0.1, 0.15) is 0 Å². The minimum atomic E-state index is -0.914. The fourth-order valence-electron chi connectivity index (χ4n) is 2.35. The topological polar surface area (TPSA) is 71.1 Å². The van der Waals surface area contributed by atoms with Gasteiger partial charge in [-0.25, -0.2) is 4.79 Å². The van der Waals surface area contributed by atoms with Gasteiger partial charge in [0.05, 0.1) is 5.52 Å². The zero-order valence-corrected chi connectivity index (χ0v) is 13.7. The lowest BCUT2D eigenvalue weighted by molar-refractivity contribution is 0.239. The van der Waals surface area contributed by atoms with Crippen LogP contribution in [0.2, 0.25) is 0 Å². The Hall–Kier alpha value is -1.95. The van der Waals surface area contributed by atoms with Gasteiger partial charge in [-0.15, -0.1) is 0 Å². The number of fused-ring (bicyclic) bond motifs is 1. The van der Waals surface area contributed by atoms with Crippen LogP contribution >= 0.6 is 0 Å². The maximum absolute atomic E-state index is 11.8. The molecule has 2 rings (SSSR count). The van der Waals surface area contributed by atoms with Crippen LogP contribution in [0.5, 0.6) is 0 Å². The van der Waals surface area contributed by atoms with Crippen LogP contribution in [-0.2, 0) is 17.2 Å². The summed E-state index contributed by atoms with van der Waals surface area (Å²) in [5.74, 6) is 0.459. The van der Waals surface area contributed by atoms with Gasteiger partial charge in [-0.3, -0.25) is 9.19 Å². The van der Waals surface area contributed by atoms with Crippen molar-refractivity contribution in [1.82, 2.24) is 15.6 Å². The second-order valence-corrected chi connectivity index (χ2v) is 6.76. The van der Waals surface area contributed by atoms with Crippen molar-refractivity contribution >= 4 is 27.7 Å². The van der Waals surface area contributed by atoms with E-state index in [1.807, 2.05) is 37.3 Å². The van der Waals surface area contributed by atoms with E-state index in [1.54, 1.807) is 12.5 Å². The second kappa shape index (κ2) is 7.89. The third kappa shape index (κ3) is 4.80. The van der Waals surface area contributed by atoms with E-state index in [-0.39, 0.29) is 12.1 Å². The van der Waals surface area contributed by atoms with Gasteiger partial charge in [-0.2, -0.15) is 0 Å². The summed E-state index contributed by atoms with van der Waals surface area (Å²) in [7, 11) is -0.914. The molecular formula is C16H21N3O2S. The molecule has 0 radical (unpaired) electrons. The first-order valence-electron chi connectivity index (χ1n) is 7.23. The number of rotatable bonds is 6. The Labute approximate surface area is 133 Å². The first-order valence-corrected chi connectivity index (χ1v) is 8.96. The highest BCUT2D eigenvalue weighted by Gasteiger charge is 2.08. The summed E-state index contributed by atoms with van der Waals surface area (Å²) in [4.78, 5) is 16.1. The Morgan fingerprint density at radius 1 is 1.32 bits per heavy atom. The van der Waals surface area contributed by atoms with E-state index >= 15 is 0 Å². The molecule has 118 valence electrons. The second-order valence-electron chi connectivity index (χ2n) is 5.28. The molecule has 0 unspecified atom stereocenters. The molecule has 6 heteroatoms. The number of carbonyl (C=O) groups is 1. The van der Waals surface area contributed by atoms with Crippen LogP contribution in [0.25, 0.3) is 10.9 Å². The highest BCUT2D eigenvalue weighted by Crippen LogP contribution is 2.15. The van der Waals surface area contributed by atoms with Crippen LogP contribution < -0.4 is 10.6 Å². The summed E-state index contributed by atoms with van der Waals surface area (Å²) in [6.07, 6.45) is 4.12. The predicted molar refractivity (Wildman–Crippen MR) is 90.4 cm³/mol. The third-order valence-corrected chi connectivity index (χ3v) is 4.23. The fraction of sp³-hybridized carbons (Fsp3) is 0.375. The van der Waals surface area contributed by atoms with Crippen LogP contribution in [0.15, 0.2) is 36.5 Å². The van der Waals surface area contributed by atoms with Gasteiger partial charge in [-0.05, 0) is 25.0 Å². The lowest BCUT2D eigenvalue weighted by Gasteiger charge is -2.13. The maximum Gasteiger partial charge on any atom is 0.315 e. The Balaban J connectivity index is 1.85. The van der Waals surface area contributed by atoms with Crippen LogP contribution in [0, 0.1) is 0 Å². The number of carbonyl (C=O) groups excluding carboxylic acids is 1. The molecule has 0 spiro atoms. The van der Waals surface area contributed by atoms with Crippen LogP contribution in [0.4, 0.5) is 4.79 Å². The van der Waals surface area contributed by atoms with Gasteiger partial charge >= 0.3 is 6.03 Å². The molecule has 0 saturated heterocycles. The van der Waals surface area contributed by atoms with Crippen molar-refractivity contribution in [3.63, 3.8) is 0 Å². The van der Waals surface area contributed by atoms with Gasteiger partial charge in [0.25, 0.3) is 0 Å².